The van der Waals surface area contributed by atoms with Crippen LogP contribution in [0.2, 0.25) is 0 Å². The zero-order valence-electron chi connectivity index (χ0n) is 12.0. The van der Waals surface area contributed by atoms with Crippen LogP contribution in [0.5, 0.6) is 5.75 Å². The van der Waals surface area contributed by atoms with Crippen molar-refractivity contribution < 1.29 is 4.74 Å². The standard InChI is InChI=1S/C16H16ClN3O/c1-11(17)16-19-13-9-18-8-7-14(13)20(16)10-12-5-3-4-6-15(12)21-2/h3-9,11H,10H2,1-2H3. The number of methoxy groups -OCH3 is 1. The summed E-state index contributed by atoms with van der Waals surface area (Å²) in [7, 11) is 1.68. The number of pyridine rings is 1. The van der Waals surface area contributed by atoms with E-state index in [1.165, 1.54) is 0 Å². The summed E-state index contributed by atoms with van der Waals surface area (Å²) in [5.41, 5.74) is 2.97. The third kappa shape index (κ3) is 2.59. The van der Waals surface area contributed by atoms with Gasteiger partial charge in [0, 0.05) is 11.8 Å². The highest BCUT2D eigenvalue weighted by atomic mass is 35.5. The number of para-hydroxylation sites is 1. The highest BCUT2D eigenvalue weighted by molar-refractivity contribution is 6.20. The first-order valence-electron chi connectivity index (χ1n) is 6.77. The van der Waals surface area contributed by atoms with Crippen LogP contribution in [0.3, 0.4) is 0 Å². The number of halogens is 1. The number of hydrogen-bond acceptors (Lipinski definition) is 3. The van der Waals surface area contributed by atoms with Crippen molar-refractivity contribution in [2.24, 2.45) is 0 Å². The Kier molecular flexibility index (Phi) is 3.80. The van der Waals surface area contributed by atoms with Crippen LogP contribution >= 0.6 is 11.6 Å². The summed E-state index contributed by atoms with van der Waals surface area (Å²) in [5, 5.41) is -0.174. The molecule has 4 nitrogen and oxygen atoms in total. The molecule has 0 spiro atoms. The van der Waals surface area contributed by atoms with Crippen LogP contribution in [-0.2, 0) is 6.54 Å². The van der Waals surface area contributed by atoms with E-state index in [0.29, 0.717) is 6.54 Å². The van der Waals surface area contributed by atoms with Gasteiger partial charge in [-0.3, -0.25) is 4.98 Å². The number of rotatable bonds is 4. The second-order valence-corrected chi connectivity index (χ2v) is 5.50. The van der Waals surface area contributed by atoms with E-state index in [4.69, 9.17) is 16.3 Å². The molecule has 0 amide bonds. The minimum atomic E-state index is -0.174. The van der Waals surface area contributed by atoms with E-state index < -0.39 is 0 Å². The molecule has 2 heterocycles. The van der Waals surface area contributed by atoms with Crippen LogP contribution in [0.4, 0.5) is 0 Å². The molecule has 21 heavy (non-hydrogen) atoms. The first-order chi connectivity index (χ1) is 10.2. The molecule has 0 aliphatic heterocycles. The first kappa shape index (κ1) is 13.9. The molecule has 0 aliphatic carbocycles. The Morgan fingerprint density at radius 3 is 2.86 bits per heavy atom. The number of hydrogen-bond donors (Lipinski definition) is 0. The van der Waals surface area contributed by atoms with Crippen LogP contribution in [0.25, 0.3) is 11.0 Å². The molecule has 3 rings (SSSR count). The Labute approximate surface area is 128 Å². The van der Waals surface area contributed by atoms with E-state index in [2.05, 4.69) is 20.6 Å². The largest absolute Gasteiger partial charge is 0.496 e. The van der Waals surface area contributed by atoms with Crippen LogP contribution < -0.4 is 4.74 Å². The second kappa shape index (κ2) is 5.74. The van der Waals surface area contributed by atoms with Gasteiger partial charge >= 0.3 is 0 Å². The van der Waals surface area contributed by atoms with E-state index in [0.717, 1.165) is 28.2 Å². The minimum absolute atomic E-state index is 0.174. The Morgan fingerprint density at radius 2 is 2.10 bits per heavy atom. The van der Waals surface area contributed by atoms with Crippen molar-refractivity contribution in [2.75, 3.05) is 7.11 Å². The lowest BCUT2D eigenvalue weighted by molar-refractivity contribution is 0.408. The number of ether oxygens (including phenoxy) is 1. The van der Waals surface area contributed by atoms with Crippen molar-refractivity contribution in [3.63, 3.8) is 0 Å². The molecule has 0 saturated carbocycles. The van der Waals surface area contributed by atoms with Gasteiger partial charge in [-0.15, -0.1) is 11.6 Å². The maximum absolute atomic E-state index is 6.28. The molecule has 2 aromatic heterocycles. The van der Waals surface area contributed by atoms with Crippen LogP contribution in [0.1, 0.15) is 23.7 Å². The van der Waals surface area contributed by atoms with E-state index in [9.17, 15) is 0 Å². The summed E-state index contributed by atoms with van der Waals surface area (Å²) in [4.78, 5) is 8.72. The molecule has 0 N–H and O–H groups in total. The molecule has 0 bridgehead atoms. The van der Waals surface area contributed by atoms with Crippen molar-refractivity contribution in [1.82, 2.24) is 14.5 Å². The normalized spacial score (nSPS) is 12.5. The van der Waals surface area contributed by atoms with Gasteiger partial charge in [0.2, 0.25) is 0 Å². The summed E-state index contributed by atoms with van der Waals surface area (Å²) in [6.07, 6.45) is 3.53. The second-order valence-electron chi connectivity index (χ2n) is 4.85. The van der Waals surface area contributed by atoms with Crippen molar-refractivity contribution in [2.45, 2.75) is 18.8 Å². The zero-order chi connectivity index (χ0) is 14.8. The monoisotopic (exact) mass is 301 g/mol. The van der Waals surface area contributed by atoms with Gasteiger partial charge in [0.1, 0.15) is 17.1 Å². The van der Waals surface area contributed by atoms with E-state index in [1.54, 1.807) is 19.5 Å². The molecule has 5 heteroatoms. The third-order valence-electron chi connectivity index (χ3n) is 3.46. The fourth-order valence-electron chi connectivity index (χ4n) is 2.47. The van der Waals surface area contributed by atoms with Crippen molar-refractivity contribution >= 4 is 22.6 Å². The van der Waals surface area contributed by atoms with Gasteiger partial charge in [-0.25, -0.2) is 4.98 Å². The van der Waals surface area contributed by atoms with Crippen LogP contribution in [0.15, 0.2) is 42.7 Å². The van der Waals surface area contributed by atoms with Gasteiger partial charge < -0.3 is 9.30 Å². The number of imidazole rings is 1. The van der Waals surface area contributed by atoms with E-state index >= 15 is 0 Å². The average molecular weight is 302 g/mol. The molecular formula is C16H16ClN3O. The van der Waals surface area contributed by atoms with E-state index in [1.807, 2.05) is 31.2 Å². The smallest absolute Gasteiger partial charge is 0.128 e. The van der Waals surface area contributed by atoms with Crippen molar-refractivity contribution in [3.05, 3.63) is 54.1 Å². The molecule has 1 atom stereocenters. The quantitative estimate of drug-likeness (QED) is 0.688. The van der Waals surface area contributed by atoms with Gasteiger partial charge in [-0.1, -0.05) is 18.2 Å². The molecule has 0 radical (unpaired) electrons. The first-order valence-corrected chi connectivity index (χ1v) is 7.20. The highest BCUT2D eigenvalue weighted by Gasteiger charge is 2.16. The summed E-state index contributed by atoms with van der Waals surface area (Å²) in [6, 6.07) is 9.93. The maximum atomic E-state index is 6.28. The predicted octanol–water partition coefficient (Wildman–Crippen LogP) is 3.79. The van der Waals surface area contributed by atoms with Crippen molar-refractivity contribution in [3.8, 4) is 5.75 Å². The van der Waals surface area contributed by atoms with Crippen LogP contribution in [0, 0.1) is 0 Å². The number of aromatic nitrogens is 3. The van der Waals surface area contributed by atoms with E-state index in [-0.39, 0.29) is 5.38 Å². The summed E-state index contributed by atoms with van der Waals surface area (Å²) >= 11 is 6.28. The Balaban J connectivity index is 2.13. The Bertz CT molecular complexity index is 767. The number of alkyl halides is 1. The summed E-state index contributed by atoms with van der Waals surface area (Å²) < 4.78 is 7.55. The number of fused-ring (bicyclic) bond motifs is 1. The molecule has 0 saturated heterocycles. The minimum Gasteiger partial charge on any atom is -0.496 e. The Hall–Kier alpha value is -2.07. The molecule has 1 aromatic carbocycles. The molecular weight excluding hydrogens is 286 g/mol. The summed E-state index contributed by atoms with van der Waals surface area (Å²) in [6.45, 7) is 2.59. The van der Waals surface area contributed by atoms with Gasteiger partial charge in [0.25, 0.3) is 0 Å². The lowest BCUT2D eigenvalue weighted by Crippen LogP contribution is -2.07. The molecule has 0 aliphatic rings. The third-order valence-corrected chi connectivity index (χ3v) is 3.65. The van der Waals surface area contributed by atoms with Crippen molar-refractivity contribution in [1.29, 1.82) is 0 Å². The summed E-state index contributed by atoms with van der Waals surface area (Å²) in [5.74, 6) is 1.70. The molecule has 1 unspecified atom stereocenters. The lowest BCUT2D eigenvalue weighted by atomic mass is 10.2. The molecule has 3 aromatic rings. The van der Waals surface area contributed by atoms with Gasteiger partial charge in [0.05, 0.1) is 30.7 Å². The molecule has 0 fully saturated rings. The number of benzene rings is 1. The Morgan fingerprint density at radius 1 is 1.29 bits per heavy atom. The van der Waals surface area contributed by atoms with Crippen LogP contribution in [-0.4, -0.2) is 21.6 Å². The fourth-order valence-corrected chi connectivity index (χ4v) is 2.64. The SMILES string of the molecule is COc1ccccc1Cn1c(C(C)Cl)nc2cnccc21. The number of nitrogens with zero attached hydrogens (tertiary/aromatic N) is 3. The van der Waals surface area contributed by atoms with Gasteiger partial charge in [-0.05, 0) is 19.1 Å². The highest BCUT2D eigenvalue weighted by Crippen LogP contribution is 2.27. The van der Waals surface area contributed by atoms with Gasteiger partial charge in [-0.2, -0.15) is 0 Å². The maximum Gasteiger partial charge on any atom is 0.128 e. The topological polar surface area (TPSA) is 39.9 Å². The predicted molar refractivity (Wildman–Crippen MR) is 83.9 cm³/mol. The molecule has 108 valence electrons. The average Bonchev–Trinajstić information content (AvgIpc) is 2.87. The zero-order valence-corrected chi connectivity index (χ0v) is 12.7. The fraction of sp³-hybridized carbons (Fsp3) is 0.250. The van der Waals surface area contributed by atoms with Gasteiger partial charge in [0.15, 0.2) is 0 Å². The lowest BCUT2D eigenvalue weighted by Gasteiger charge is -2.13.